The lowest BCUT2D eigenvalue weighted by Crippen LogP contribution is -2.26. The Kier molecular flexibility index (Phi) is 4.53. The summed E-state index contributed by atoms with van der Waals surface area (Å²) in [5.41, 5.74) is 7.39. The van der Waals surface area contributed by atoms with Gasteiger partial charge in [-0.2, -0.15) is 0 Å². The molecule has 2 aromatic rings. The van der Waals surface area contributed by atoms with Crippen LogP contribution in [0.1, 0.15) is 28.9 Å². The van der Waals surface area contributed by atoms with E-state index in [9.17, 15) is 4.79 Å². The van der Waals surface area contributed by atoms with Crippen LogP contribution >= 0.6 is 23.2 Å². The van der Waals surface area contributed by atoms with Crippen molar-refractivity contribution >= 4 is 34.8 Å². The number of hydrogen-bond donors (Lipinski definition) is 2. The quantitative estimate of drug-likeness (QED) is 0.840. The molecule has 0 aromatic heterocycles. The highest BCUT2D eigenvalue weighted by Crippen LogP contribution is 2.23. The van der Waals surface area contributed by atoms with Crippen LogP contribution in [0.25, 0.3) is 0 Å². The van der Waals surface area contributed by atoms with Gasteiger partial charge in [0.2, 0.25) is 0 Å². The Balaban J connectivity index is 2.15. The number of carbonyl (C=O) groups excluding carboxylic acids is 1. The second-order valence-electron chi connectivity index (χ2n) is 4.45. The average Bonchev–Trinajstić information content (AvgIpc) is 2.42. The molecule has 1 amide bonds. The zero-order chi connectivity index (χ0) is 14.7. The minimum absolute atomic E-state index is 0.201. The summed E-state index contributed by atoms with van der Waals surface area (Å²) in [4.78, 5) is 12.1. The van der Waals surface area contributed by atoms with Gasteiger partial charge < -0.3 is 11.1 Å². The molecule has 2 aromatic carbocycles. The Morgan fingerprint density at radius 2 is 1.85 bits per heavy atom. The van der Waals surface area contributed by atoms with Crippen LogP contribution in [0.2, 0.25) is 10.0 Å². The third-order valence-corrected chi connectivity index (χ3v) is 3.65. The minimum atomic E-state index is -0.223. The Labute approximate surface area is 127 Å². The fourth-order valence-corrected chi connectivity index (χ4v) is 2.33. The van der Waals surface area contributed by atoms with Crippen molar-refractivity contribution < 1.29 is 4.79 Å². The number of nitrogen functional groups attached to an aromatic ring is 1. The zero-order valence-corrected chi connectivity index (χ0v) is 12.4. The van der Waals surface area contributed by atoms with E-state index in [2.05, 4.69) is 5.32 Å². The fourth-order valence-electron chi connectivity index (χ4n) is 1.85. The maximum atomic E-state index is 12.1. The SMILES string of the molecule is CC(NC(=O)c1ccc(N)c(Cl)c1)c1ccccc1Cl. The van der Waals surface area contributed by atoms with Crippen molar-refractivity contribution in [1.29, 1.82) is 0 Å². The van der Waals surface area contributed by atoms with Gasteiger partial charge in [0, 0.05) is 10.6 Å². The van der Waals surface area contributed by atoms with Gasteiger partial charge in [-0.3, -0.25) is 4.79 Å². The molecule has 0 saturated heterocycles. The van der Waals surface area contributed by atoms with E-state index in [4.69, 9.17) is 28.9 Å². The zero-order valence-electron chi connectivity index (χ0n) is 10.9. The van der Waals surface area contributed by atoms with Crippen LogP contribution in [-0.4, -0.2) is 5.91 Å². The molecule has 0 spiro atoms. The first kappa shape index (κ1) is 14.7. The van der Waals surface area contributed by atoms with Crippen LogP contribution in [0, 0.1) is 0 Å². The summed E-state index contributed by atoms with van der Waals surface area (Å²) in [5.74, 6) is -0.223. The molecule has 0 aliphatic rings. The van der Waals surface area contributed by atoms with Crippen molar-refractivity contribution in [3.63, 3.8) is 0 Å². The lowest BCUT2D eigenvalue weighted by atomic mass is 10.1. The topological polar surface area (TPSA) is 55.1 Å². The van der Waals surface area contributed by atoms with Crippen LogP contribution < -0.4 is 11.1 Å². The molecular formula is C15H14Cl2N2O. The second-order valence-corrected chi connectivity index (χ2v) is 5.27. The third-order valence-electron chi connectivity index (χ3n) is 2.98. The number of carbonyl (C=O) groups is 1. The van der Waals surface area contributed by atoms with Crippen molar-refractivity contribution in [3.8, 4) is 0 Å². The van der Waals surface area contributed by atoms with Gasteiger partial charge in [-0.25, -0.2) is 0 Å². The largest absolute Gasteiger partial charge is 0.398 e. The normalized spacial score (nSPS) is 11.9. The standard InChI is InChI=1S/C15H14Cl2N2O/c1-9(11-4-2-3-5-12(11)16)19-15(20)10-6-7-14(18)13(17)8-10/h2-9H,18H2,1H3,(H,19,20). The Morgan fingerprint density at radius 3 is 2.50 bits per heavy atom. The molecule has 0 fully saturated rings. The average molecular weight is 309 g/mol. The summed E-state index contributed by atoms with van der Waals surface area (Å²) in [6.07, 6.45) is 0. The third kappa shape index (κ3) is 3.24. The molecule has 104 valence electrons. The predicted molar refractivity (Wildman–Crippen MR) is 83.2 cm³/mol. The van der Waals surface area contributed by atoms with E-state index >= 15 is 0 Å². The number of amides is 1. The van der Waals surface area contributed by atoms with Crippen molar-refractivity contribution in [2.45, 2.75) is 13.0 Å². The molecule has 3 N–H and O–H groups in total. The fraction of sp³-hybridized carbons (Fsp3) is 0.133. The van der Waals surface area contributed by atoms with Crippen molar-refractivity contribution in [2.24, 2.45) is 0 Å². The van der Waals surface area contributed by atoms with Gasteiger partial charge in [-0.05, 0) is 36.8 Å². The Morgan fingerprint density at radius 1 is 1.15 bits per heavy atom. The summed E-state index contributed by atoms with van der Waals surface area (Å²) in [5, 5.41) is 3.86. The van der Waals surface area contributed by atoms with Gasteiger partial charge in [0.25, 0.3) is 5.91 Å². The number of nitrogens with two attached hydrogens (primary N) is 1. The molecule has 3 nitrogen and oxygen atoms in total. The van der Waals surface area contributed by atoms with Crippen molar-refractivity contribution in [3.05, 3.63) is 63.6 Å². The summed E-state index contributed by atoms with van der Waals surface area (Å²) in [6.45, 7) is 1.87. The van der Waals surface area contributed by atoms with Gasteiger partial charge >= 0.3 is 0 Å². The van der Waals surface area contributed by atoms with E-state index in [0.717, 1.165) is 5.56 Å². The van der Waals surface area contributed by atoms with E-state index in [1.165, 1.54) is 0 Å². The molecule has 1 atom stereocenters. The lowest BCUT2D eigenvalue weighted by Gasteiger charge is -2.16. The number of anilines is 1. The number of nitrogens with one attached hydrogen (secondary N) is 1. The molecule has 0 heterocycles. The maximum Gasteiger partial charge on any atom is 0.251 e. The molecule has 5 heteroatoms. The van der Waals surface area contributed by atoms with Crippen molar-refractivity contribution in [1.82, 2.24) is 5.32 Å². The molecule has 0 aliphatic carbocycles. The van der Waals surface area contributed by atoms with Crippen molar-refractivity contribution in [2.75, 3.05) is 5.73 Å². The van der Waals surface area contributed by atoms with E-state index in [-0.39, 0.29) is 11.9 Å². The summed E-state index contributed by atoms with van der Waals surface area (Å²) >= 11 is 12.0. The van der Waals surface area contributed by atoms with Gasteiger partial charge in [0.15, 0.2) is 0 Å². The first-order valence-electron chi connectivity index (χ1n) is 6.09. The lowest BCUT2D eigenvalue weighted by molar-refractivity contribution is 0.0940. The summed E-state index contributed by atoms with van der Waals surface area (Å²) < 4.78 is 0. The molecule has 0 aliphatic heterocycles. The van der Waals surface area contributed by atoms with Gasteiger partial charge in [0.05, 0.1) is 16.8 Å². The molecule has 0 saturated carbocycles. The van der Waals surface area contributed by atoms with Crippen LogP contribution in [0.3, 0.4) is 0 Å². The molecule has 2 rings (SSSR count). The number of halogens is 2. The smallest absolute Gasteiger partial charge is 0.251 e. The van der Waals surface area contributed by atoms with Gasteiger partial charge in [0.1, 0.15) is 0 Å². The van der Waals surface area contributed by atoms with Crippen LogP contribution in [0.4, 0.5) is 5.69 Å². The number of rotatable bonds is 3. The van der Waals surface area contributed by atoms with E-state index in [1.54, 1.807) is 24.3 Å². The molecule has 0 radical (unpaired) electrons. The first-order valence-corrected chi connectivity index (χ1v) is 6.85. The highest BCUT2D eigenvalue weighted by molar-refractivity contribution is 6.33. The van der Waals surface area contributed by atoms with Gasteiger partial charge in [-0.15, -0.1) is 0 Å². The second kappa shape index (κ2) is 6.16. The molecule has 1 unspecified atom stereocenters. The van der Waals surface area contributed by atoms with Crippen LogP contribution in [-0.2, 0) is 0 Å². The van der Waals surface area contributed by atoms with E-state index in [1.807, 2.05) is 25.1 Å². The maximum absolute atomic E-state index is 12.1. The van der Waals surface area contributed by atoms with Crippen LogP contribution in [0.5, 0.6) is 0 Å². The van der Waals surface area contributed by atoms with E-state index < -0.39 is 0 Å². The Bertz CT molecular complexity index is 644. The van der Waals surface area contributed by atoms with Gasteiger partial charge in [-0.1, -0.05) is 41.4 Å². The Hall–Kier alpha value is -1.71. The monoisotopic (exact) mass is 308 g/mol. The van der Waals surface area contributed by atoms with E-state index in [0.29, 0.717) is 21.3 Å². The highest BCUT2D eigenvalue weighted by atomic mass is 35.5. The molecular weight excluding hydrogens is 295 g/mol. The molecule has 0 bridgehead atoms. The predicted octanol–water partition coefficient (Wildman–Crippen LogP) is 4.07. The summed E-state index contributed by atoms with van der Waals surface area (Å²) in [7, 11) is 0. The highest BCUT2D eigenvalue weighted by Gasteiger charge is 2.14. The molecule has 20 heavy (non-hydrogen) atoms. The number of hydrogen-bond acceptors (Lipinski definition) is 2. The van der Waals surface area contributed by atoms with Crippen LogP contribution in [0.15, 0.2) is 42.5 Å². The minimum Gasteiger partial charge on any atom is -0.398 e. The number of benzene rings is 2. The first-order chi connectivity index (χ1) is 9.49. The summed E-state index contributed by atoms with van der Waals surface area (Å²) in [6, 6.07) is 12.0.